The third-order valence-corrected chi connectivity index (χ3v) is 6.96. The van der Waals surface area contributed by atoms with Crippen molar-refractivity contribution in [2.24, 2.45) is 0 Å². The minimum Gasteiger partial charge on any atom is -0.314 e. The SMILES string of the molecule is CC1CNCCN1S(=O)(=O)CCNS(=O)(=O)c1ccccc1. The third kappa shape index (κ3) is 4.26. The number of hydrogen-bond donors (Lipinski definition) is 2. The van der Waals surface area contributed by atoms with Crippen molar-refractivity contribution in [2.45, 2.75) is 17.9 Å². The summed E-state index contributed by atoms with van der Waals surface area (Å²) in [4.78, 5) is 0.128. The van der Waals surface area contributed by atoms with Crippen LogP contribution < -0.4 is 10.0 Å². The molecule has 0 spiro atoms. The van der Waals surface area contributed by atoms with Crippen LogP contribution in [0.15, 0.2) is 35.2 Å². The van der Waals surface area contributed by atoms with Crippen LogP contribution in [0.1, 0.15) is 6.92 Å². The van der Waals surface area contributed by atoms with E-state index in [1.165, 1.54) is 16.4 Å². The Hall–Kier alpha value is -1.00. The Balaban J connectivity index is 1.95. The first-order valence-electron chi connectivity index (χ1n) is 7.08. The molecule has 0 amide bonds. The zero-order valence-corrected chi connectivity index (χ0v) is 14.0. The van der Waals surface area contributed by atoms with Crippen molar-refractivity contribution in [3.05, 3.63) is 30.3 Å². The summed E-state index contributed by atoms with van der Waals surface area (Å²) in [5.41, 5.74) is 0. The fourth-order valence-corrected chi connectivity index (χ4v) is 5.11. The van der Waals surface area contributed by atoms with Crippen LogP contribution in [-0.4, -0.2) is 59.1 Å². The van der Waals surface area contributed by atoms with Gasteiger partial charge >= 0.3 is 0 Å². The van der Waals surface area contributed by atoms with Gasteiger partial charge in [0.1, 0.15) is 0 Å². The molecule has 1 heterocycles. The highest BCUT2D eigenvalue weighted by atomic mass is 32.2. The highest BCUT2D eigenvalue weighted by Gasteiger charge is 2.29. The molecule has 1 atom stereocenters. The van der Waals surface area contributed by atoms with Crippen LogP contribution in [0.25, 0.3) is 0 Å². The number of nitrogens with zero attached hydrogens (tertiary/aromatic N) is 1. The van der Waals surface area contributed by atoms with Gasteiger partial charge in [0.05, 0.1) is 10.6 Å². The van der Waals surface area contributed by atoms with Crippen LogP contribution in [0.3, 0.4) is 0 Å². The molecular formula is C13H21N3O4S2. The molecule has 22 heavy (non-hydrogen) atoms. The molecule has 7 nitrogen and oxygen atoms in total. The first kappa shape index (κ1) is 17.4. The van der Waals surface area contributed by atoms with Crippen LogP contribution in [0.2, 0.25) is 0 Å². The highest BCUT2D eigenvalue weighted by molar-refractivity contribution is 7.90. The number of benzene rings is 1. The van der Waals surface area contributed by atoms with Gasteiger partial charge in [-0.3, -0.25) is 0 Å². The zero-order chi connectivity index (χ0) is 16.2. The second-order valence-corrected chi connectivity index (χ2v) is 9.00. The summed E-state index contributed by atoms with van der Waals surface area (Å²) < 4.78 is 52.4. The van der Waals surface area contributed by atoms with Gasteiger partial charge in [0.15, 0.2) is 0 Å². The van der Waals surface area contributed by atoms with Crippen LogP contribution >= 0.6 is 0 Å². The van der Waals surface area contributed by atoms with Gasteiger partial charge in [0.2, 0.25) is 20.0 Å². The molecular weight excluding hydrogens is 326 g/mol. The molecule has 0 aromatic heterocycles. The van der Waals surface area contributed by atoms with Gasteiger partial charge in [-0.15, -0.1) is 0 Å². The highest BCUT2D eigenvalue weighted by Crippen LogP contribution is 2.10. The third-order valence-electron chi connectivity index (χ3n) is 3.50. The van der Waals surface area contributed by atoms with Crippen LogP contribution in [-0.2, 0) is 20.0 Å². The average Bonchev–Trinajstić information content (AvgIpc) is 2.48. The first-order chi connectivity index (χ1) is 10.3. The van der Waals surface area contributed by atoms with E-state index >= 15 is 0 Å². The summed E-state index contributed by atoms with van der Waals surface area (Å²) in [6.07, 6.45) is 0. The van der Waals surface area contributed by atoms with Gasteiger partial charge in [-0.2, -0.15) is 4.31 Å². The van der Waals surface area contributed by atoms with E-state index < -0.39 is 20.0 Å². The monoisotopic (exact) mass is 347 g/mol. The van der Waals surface area contributed by atoms with Crippen molar-refractivity contribution in [1.82, 2.24) is 14.3 Å². The minimum atomic E-state index is -3.67. The summed E-state index contributed by atoms with van der Waals surface area (Å²) in [6, 6.07) is 7.77. The fraction of sp³-hybridized carbons (Fsp3) is 0.538. The molecule has 0 aliphatic carbocycles. The number of sulfonamides is 2. The van der Waals surface area contributed by atoms with E-state index in [-0.39, 0.29) is 23.2 Å². The van der Waals surface area contributed by atoms with E-state index in [0.29, 0.717) is 19.6 Å². The largest absolute Gasteiger partial charge is 0.314 e. The lowest BCUT2D eigenvalue weighted by Crippen LogP contribution is -2.53. The summed E-state index contributed by atoms with van der Waals surface area (Å²) >= 11 is 0. The molecule has 1 aromatic carbocycles. The number of hydrogen-bond acceptors (Lipinski definition) is 5. The Morgan fingerprint density at radius 1 is 1.23 bits per heavy atom. The van der Waals surface area contributed by atoms with Crippen molar-refractivity contribution in [3.8, 4) is 0 Å². The van der Waals surface area contributed by atoms with Gasteiger partial charge in [-0.05, 0) is 19.1 Å². The molecule has 1 fully saturated rings. The number of nitrogens with one attached hydrogen (secondary N) is 2. The average molecular weight is 347 g/mol. The Labute approximate surface area is 131 Å². The normalized spacial score (nSPS) is 20.9. The van der Waals surface area contributed by atoms with Crippen LogP contribution in [0, 0.1) is 0 Å². The maximum Gasteiger partial charge on any atom is 0.240 e. The zero-order valence-electron chi connectivity index (χ0n) is 12.4. The molecule has 0 bridgehead atoms. The number of rotatable bonds is 6. The van der Waals surface area contributed by atoms with E-state index in [2.05, 4.69) is 10.0 Å². The summed E-state index contributed by atoms with van der Waals surface area (Å²) in [5.74, 6) is -0.247. The standard InChI is InChI=1S/C13H21N3O4S2/c1-12-11-14-7-9-16(12)21(17,18)10-8-15-22(19,20)13-5-3-2-4-6-13/h2-6,12,14-15H,7-11H2,1H3. The molecule has 2 N–H and O–H groups in total. The minimum absolute atomic E-state index is 0.121. The Morgan fingerprint density at radius 3 is 2.55 bits per heavy atom. The molecule has 1 aliphatic rings. The predicted octanol–water partition coefficient (Wildman–Crippen LogP) is -0.412. The Kier molecular flexibility index (Phi) is 5.56. The lowest BCUT2D eigenvalue weighted by atomic mass is 10.3. The van der Waals surface area contributed by atoms with Crippen molar-refractivity contribution >= 4 is 20.0 Å². The van der Waals surface area contributed by atoms with Gasteiger partial charge < -0.3 is 5.32 Å². The Bertz CT molecular complexity index is 689. The summed E-state index contributed by atoms with van der Waals surface area (Å²) in [6.45, 7) is 3.32. The van der Waals surface area contributed by atoms with Gasteiger partial charge in [-0.1, -0.05) is 18.2 Å². The molecule has 0 radical (unpaired) electrons. The second-order valence-electron chi connectivity index (χ2n) is 5.19. The molecule has 9 heteroatoms. The van der Waals surface area contributed by atoms with Gasteiger partial charge in [-0.25, -0.2) is 21.6 Å². The van der Waals surface area contributed by atoms with Crippen LogP contribution in [0.4, 0.5) is 0 Å². The smallest absolute Gasteiger partial charge is 0.240 e. The van der Waals surface area contributed by atoms with Crippen molar-refractivity contribution in [1.29, 1.82) is 0 Å². The fourth-order valence-electron chi connectivity index (χ4n) is 2.34. The molecule has 1 aromatic rings. The van der Waals surface area contributed by atoms with E-state index in [9.17, 15) is 16.8 Å². The van der Waals surface area contributed by atoms with E-state index in [4.69, 9.17) is 0 Å². The molecule has 1 aliphatic heterocycles. The van der Waals surface area contributed by atoms with Crippen molar-refractivity contribution in [3.63, 3.8) is 0 Å². The topological polar surface area (TPSA) is 95.6 Å². The van der Waals surface area contributed by atoms with Gasteiger partial charge in [0, 0.05) is 32.2 Å². The lowest BCUT2D eigenvalue weighted by Gasteiger charge is -2.32. The molecule has 124 valence electrons. The molecule has 0 saturated carbocycles. The van der Waals surface area contributed by atoms with Crippen molar-refractivity contribution in [2.75, 3.05) is 31.9 Å². The first-order valence-corrected chi connectivity index (χ1v) is 10.2. The maximum absolute atomic E-state index is 12.3. The predicted molar refractivity (Wildman–Crippen MR) is 84.5 cm³/mol. The van der Waals surface area contributed by atoms with Crippen molar-refractivity contribution < 1.29 is 16.8 Å². The van der Waals surface area contributed by atoms with E-state index in [1.54, 1.807) is 18.2 Å². The Morgan fingerprint density at radius 2 is 1.91 bits per heavy atom. The maximum atomic E-state index is 12.3. The lowest BCUT2D eigenvalue weighted by molar-refractivity contribution is 0.284. The summed E-state index contributed by atoms with van der Waals surface area (Å²) in [7, 11) is -7.14. The molecule has 1 saturated heterocycles. The summed E-state index contributed by atoms with van der Waals surface area (Å²) in [5, 5.41) is 3.12. The molecule has 2 rings (SSSR count). The van der Waals surface area contributed by atoms with Crippen LogP contribution in [0.5, 0.6) is 0 Å². The quantitative estimate of drug-likeness (QED) is 0.729. The number of piperazine rings is 1. The van der Waals surface area contributed by atoms with E-state index in [0.717, 1.165) is 0 Å². The van der Waals surface area contributed by atoms with Gasteiger partial charge in [0.25, 0.3) is 0 Å². The second kappa shape index (κ2) is 7.05. The van der Waals surface area contributed by atoms with E-state index in [1.807, 2.05) is 6.92 Å². The molecule has 1 unspecified atom stereocenters.